The molecule has 4 heteroatoms. The second-order valence-corrected chi connectivity index (χ2v) is 17.2. The van der Waals surface area contributed by atoms with Gasteiger partial charge in [0.25, 0.3) is 0 Å². The van der Waals surface area contributed by atoms with Gasteiger partial charge in [-0.2, -0.15) is 0 Å². The van der Waals surface area contributed by atoms with E-state index in [1.807, 2.05) is 6.08 Å². The van der Waals surface area contributed by atoms with Crippen LogP contribution in [-0.4, -0.2) is 14.5 Å². The van der Waals surface area contributed by atoms with Crippen LogP contribution in [0, 0.1) is 5.92 Å². The highest BCUT2D eigenvalue weighted by molar-refractivity contribution is 6.26. The Morgan fingerprint density at radius 3 is 2.23 bits per heavy atom. The molecule has 0 amide bonds. The minimum absolute atomic E-state index is 0.279. The molecule has 0 radical (unpaired) electrons. The van der Waals surface area contributed by atoms with Crippen molar-refractivity contribution in [1.82, 2.24) is 14.5 Å². The Labute approximate surface area is 372 Å². The molecule has 1 aliphatic carbocycles. The molecule has 1 unspecified atom stereocenters. The molecule has 3 aromatic heterocycles. The van der Waals surface area contributed by atoms with Crippen LogP contribution in [0.2, 0.25) is 0 Å². The summed E-state index contributed by atoms with van der Waals surface area (Å²) >= 11 is 0. The summed E-state index contributed by atoms with van der Waals surface area (Å²) in [5.41, 5.74) is 16.5. The molecule has 0 N–H and O–H groups in total. The maximum atomic E-state index is 7.09. The van der Waals surface area contributed by atoms with Gasteiger partial charge in [0.15, 0.2) is 5.58 Å². The van der Waals surface area contributed by atoms with Crippen LogP contribution in [0.15, 0.2) is 181 Å². The normalized spacial score (nSPS) is 14.1. The first-order valence-corrected chi connectivity index (χ1v) is 22.4. The van der Waals surface area contributed by atoms with E-state index < -0.39 is 0 Å². The number of nitrogens with zero attached hydrogens (tertiary/aromatic N) is 3. The number of rotatable bonds is 8. The Morgan fingerprint density at radius 1 is 0.688 bits per heavy atom. The fourth-order valence-corrected chi connectivity index (χ4v) is 10.5. The van der Waals surface area contributed by atoms with Crippen LogP contribution in [0.1, 0.15) is 48.1 Å². The van der Waals surface area contributed by atoms with Crippen LogP contribution < -0.4 is 0 Å². The lowest BCUT2D eigenvalue weighted by molar-refractivity contribution is 0.669. The number of aryl methyl sites for hydroxylation is 1. The first-order valence-electron chi connectivity index (χ1n) is 22.4. The summed E-state index contributed by atoms with van der Waals surface area (Å²) < 4.78 is 9.38. The minimum atomic E-state index is 0.279. The average Bonchev–Trinajstić information content (AvgIpc) is 3.91. The molecule has 0 saturated heterocycles. The quantitative estimate of drug-likeness (QED) is 0.143. The molecule has 1 atom stereocenters. The third-order valence-electron chi connectivity index (χ3n) is 13.4. The number of allylic oxidation sites excluding steroid dienone is 3. The highest BCUT2D eigenvalue weighted by Crippen LogP contribution is 2.49. The number of hydrogen-bond acceptors (Lipinski definition) is 3. The molecule has 0 aliphatic heterocycles. The van der Waals surface area contributed by atoms with Gasteiger partial charge >= 0.3 is 0 Å². The molecule has 12 rings (SSSR count). The lowest BCUT2D eigenvalue weighted by Gasteiger charge is -2.26. The summed E-state index contributed by atoms with van der Waals surface area (Å²) in [6.07, 6.45) is 11.4. The van der Waals surface area contributed by atoms with Crippen molar-refractivity contribution in [3.8, 4) is 28.3 Å². The smallest absolute Gasteiger partial charge is 0.235 e. The molecule has 0 spiro atoms. The second kappa shape index (κ2) is 15.2. The van der Waals surface area contributed by atoms with E-state index in [9.17, 15) is 0 Å². The van der Waals surface area contributed by atoms with Gasteiger partial charge in [0.2, 0.25) is 5.95 Å². The van der Waals surface area contributed by atoms with Gasteiger partial charge < -0.3 is 4.42 Å². The summed E-state index contributed by atoms with van der Waals surface area (Å²) in [5, 5.41) is 8.14. The zero-order valence-electron chi connectivity index (χ0n) is 36.0. The van der Waals surface area contributed by atoms with Gasteiger partial charge in [-0.15, -0.1) is 6.58 Å². The fraction of sp³-hybridized carbons (Fsp3) is 0.100. The van der Waals surface area contributed by atoms with Gasteiger partial charge in [0.05, 0.1) is 16.7 Å². The van der Waals surface area contributed by atoms with Crippen LogP contribution >= 0.6 is 0 Å². The van der Waals surface area contributed by atoms with Gasteiger partial charge in [0, 0.05) is 38.1 Å². The van der Waals surface area contributed by atoms with E-state index in [4.69, 9.17) is 14.4 Å². The molecule has 11 aromatic rings. The van der Waals surface area contributed by atoms with Crippen molar-refractivity contribution in [3.05, 3.63) is 204 Å². The lowest BCUT2D eigenvalue weighted by Crippen LogP contribution is -2.11. The van der Waals surface area contributed by atoms with Crippen molar-refractivity contribution in [2.45, 2.75) is 33.1 Å². The third kappa shape index (κ3) is 5.90. The number of para-hydroxylation sites is 2. The average molecular weight is 824 g/mol. The monoisotopic (exact) mass is 823 g/mol. The maximum absolute atomic E-state index is 7.09. The van der Waals surface area contributed by atoms with Gasteiger partial charge in [-0.25, -0.2) is 9.97 Å². The first-order chi connectivity index (χ1) is 31.6. The molecule has 0 bridgehead atoms. The second-order valence-electron chi connectivity index (χ2n) is 17.2. The Hall–Kier alpha value is -7.82. The van der Waals surface area contributed by atoms with E-state index in [2.05, 4.69) is 201 Å². The van der Waals surface area contributed by atoms with Crippen molar-refractivity contribution in [1.29, 1.82) is 0 Å². The van der Waals surface area contributed by atoms with Crippen LogP contribution in [-0.2, 0) is 12.8 Å². The molecule has 0 fully saturated rings. The van der Waals surface area contributed by atoms with Crippen molar-refractivity contribution >= 4 is 83.1 Å². The number of benzene rings is 8. The first kappa shape index (κ1) is 37.9. The van der Waals surface area contributed by atoms with Gasteiger partial charge in [-0.05, 0) is 100 Å². The summed E-state index contributed by atoms with van der Waals surface area (Å²) in [6, 6.07) is 56.5. The molecule has 8 aromatic carbocycles. The van der Waals surface area contributed by atoms with Crippen LogP contribution in [0.5, 0.6) is 0 Å². The standard InChI is InChI=1S/C60H45N3O/c1-4-6-18-41-33-34-48-56(42-31-29-39(30-32-42)38-19-8-7-9-20-38)61-60(62-57(48)44(41)17-5-2)63-52-27-14-12-24-46(52)54-51-36-49(45-26-16-22-40-21-10-11-23-43(40)45)37(3)35-50(51)55-47-25-13-15-28-53(47)64-59(55)58(54)63/h4-5,7-17,19-34,36-37H,1,6,18,35H2,2-3H3/b17-5-. The fourth-order valence-electron chi connectivity index (χ4n) is 10.5. The van der Waals surface area contributed by atoms with Crippen LogP contribution in [0.25, 0.3) is 111 Å². The highest BCUT2D eigenvalue weighted by Gasteiger charge is 2.31. The molecule has 64 heavy (non-hydrogen) atoms. The number of furan rings is 1. The van der Waals surface area contributed by atoms with E-state index >= 15 is 0 Å². The summed E-state index contributed by atoms with van der Waals surface area (Å²) in [5.74, 6) is 0.887. The Balaban J connectivity index is 1.21. The van der Waals surface area contributed by atoms with E-state index in [1.165, 1.54) is 49.5 Å². The number of hydrogen-bond donors (Lipinski definition) is 0. The SMILES string of the molecule is C=CCCc1ccc2c(-c3ccc(-c4ccccc4)cc3)nc(-n3c4ccccc4c4c5c(c6c7ccccc7oc6c43)CC(C)C(c3cccc4ccccc34)=C5)nc2c1/C=C\C. The predicted molar refractivity (Wildman–Crippen MR) is 270 cm³/mol. The Bertz CT molecular complexity index is 3730. The summed E-state index contributed by atoms with van der Waals surface area (Å²) in [4.78, 5) is 11.3. The van der Waals surface area contributed by atoms with Crippen molar-refractivity contribution in [2.24, 2.45) is 5.92 Å². The summed E-state index contributed by atoms with van der Waals surface area (Å²) in [6.45, 7) is 8.51. The van der Waals surface area contributed by atoms with E-state index in [-0.39, 0.29) is 5.92 Å². The van der Waals surface area contributed by atoms with Crippen LogP contribution in [0.4, 0.5) is 0 Å². The minimum Gasteiger partial charge on any atom is -0.454 e. The van der Waals surface area contributed by atoms with E-state index in [0.29, 0.717) is 5.95 Å². The third-order valence-corrected chi connectivity index (χ3v) is 13.4. The molecule has 3 heterocycles. The Kier molecular flexibility index (Phi) is 9.01. The predicted octanol–water partition coefficient (Wildman–Crippen LogP) is 16.0. The zero-order chi connectivity index (χ0) is 42.9. The zero-order valence-corrected chi connectivity index (χ0v) is 36.0. The largest absolute Gasteiger partial charge is 0.454 e. The topological polar surface area (TPSA) is 43.9 Å². The van der Waals surface area contributed by atoms with Crippen molar-refractivity contribution in [3.63, 3.8) is 0 Å². The molecule has 0 saturated carbocycles. The van der Waals surface area contributed by atoms with Crippen molar-refractivity contribution in [2.75, 3.05) is 0 Å². The molecule has 4 nitrogen and oxygen atoms in total. The van der Waals surface area contributed by atoms with Crippen molar-refractivity contribution < 1.29 is 4.42 Å². The molecular formula is C60H45N3O. The maximum Gasteiger partial charge on any atom is 0.235 e. The molecule has 1 aliphatic rings. The van der Waals surface area contributed by atoms with Gasteiger partial charge in [0.1, 0.15) is 11.1 Å². The molecular weight excluding hydrogens is 779 g/mol. The van der Waals surface area contributed by atoms with Gasteiger partial charge in [-0.1, -0.05) is 171 Å². The molecule has 306 valence electrons. The van der Waals surface area contributed by atoms with Gasteiger partial charge in [-0.3, -0.25) is 4.57 Å². The Morgan fingerprint density at radius 2 is 1.41 bits per heavy atom. The lowest BCUT2D eigenvalue weighted by atomic mass is 9.78. The number of fused-ring (bicyclic) bond motifs is 12. The van der Waals surface area contributed by atoms with E-state index in [0.717, 1.165) is 90.9 Å². The number of aromatic nitrogens is 3. The highest BCUT2D eigenvalue weighted by atomic mass is 16.3. The summed E-state index contributed by atoms with van der Waals surface area (Å²) in [7, 11) is 0. The van der Waals surface area contributed by atoms with E-state index in [1.54, 1.807) is 0 Å². The van der Waals surface area contributed by atoms with Crippen LogP contribution in [0.3, 0.4) is 0 Å².